The maximum absolute atomic E-state index is 11.7. The van der Waals surface area contributed by atoms with Gasteiger partial charge in [0.25, 0.3) is 0 Å². The van der Waals surface area contributed by atoms with Crippen LogP contribution in [0.15, 0.2) is 24.3 Å². The standard InChI is InChI=1S/C14H15ClO2SSi/c1-19(2,3)12-4-10-18(16,17)11-9-13-5-7-14(15)8-6-13/h5-8H,10H2,1-3H3. The first kappa shape index (κ1) is 15.9. The molecule has 100 valence electrons. The Hall–Kier alpha value is -1.20. The monoisotopic (exact) mass is 310 g/mol. The van der Waals surface area contributed by atoms with Crippen LogP contribution in [0.5, 0.6) is 0 Å². The molecule has 0 aliphatic heterocycles. The van der Waals surface area contributed by atoms with Gasteiger partial charge < -0.3 is 0 Å². The van der Waals surface area contributed by atoms with Gasteiger partial charge in [-0.3, -0.25) is 0 Å². The zero-order valence-electron chi connectivity index (χ0n) is 11.1. The van der Waals surface area contributed by atoms with Gasteiger partial charge in [-0.05, 0) is 30.2 Å². The molecule has 0 bridgehead atoms. The third-order valence-corrected chi connectivity index (χ3v) is 4.04. The molecule has 0 aromatic heterocycles. The van der Waals surface area contributed by atoms with Crippen molar-refractivity contribution in [1.82, 2.24) is 0 Å². The summed E-state index contributed by atoms with van der Waals surface area (Å²) < 4.78 is 23.3. The van der Waals surface area contributed by atoms with Gasteiger partial charge in [-0.1, -0.05) is 37.2 Å². The van der Waals surface area contributed by atoms with Gasteiger partial charge in [0.2, 0.25) is 9.84 Å². The second kappa shape index (κ2) is 6.30. The highest BCUT2D eigenvalue weighted by Gasteiger charge is 2.09. The molecule has 1 rings (SSSR count). The lowest BCUT2D eigenvalue weighted by molar-refractivity contribution is 0.609. The molecular weight excluding hydrogens is 296 g/mol. The first-order valence-electron chi connectivity index (χ1n) is 5.69. The van der Waals surface area contributed by atoms with Crippen molar-refractivity contribution in [3.05, 3.63) is 34.9 Å². The van der Waals surface area contributed by atoms with Gasteiger partial charge in [-0.15, -0.1) is 5.54 Å². The molecule has 0 heterocycles. The van der Waals surface area contributed by atoms with Gasteiger partial charge in [-0.25, -0.2) is 8.42 Å². The van der Waals surface area contributed by atoms with Crippen molar-refractivity contribution in [2.75, 3.05) is 5.75 Å². The fraction of sp³-hybridized carbons (Fsp3) is 0.286. The molecule has 0 atom stereocenters. The van der Waals surface area contributed by atoms with Crippen LogP contribution >= 0.6 is 11.6 Å². The molecule has 0 radical (unpaired) electrons. The summed E-state index contributed by atoms with van der Waals surface area (Å²) in [6.45, 7) is 6.18. The zero-order valence-corrected chi connectivity index (χ0v) is 13.7. The second-order valence-electron chi connectivity index (χ2n) is 5.04. The van der Waals surface area contributed by atoms with E-state index in [-0.39, 0.29) is 5.75 Å². The van der Waals surface area contributed by atoms with E-state index in [1.165, 1.54) is 0 Å². The Morgan fingerprint density at radius 2 is 1.74 bits per heavy atom. The molecule has 0 unspecified atom stereocenters. The van der Waals surface area contributed by atoms with Gasteiger partial charge in [0.1, 0.15) is 13.8 Å². The molecule has 0 saturated carbocycles. The van der Waals surface area contributed by atoms with E-state index in [4.69, 9.17) is 11.6 Å². The molecule has 1 aromatic carbocycles. The highest BCUT2D eigenvalue weighted by molar-refractivity contribution is 7.96. The smallest absolute Gasteiger partial charge is 0.214 e. The Kier molecular flexibility index (Phi) is 5.26. The van der Waals surface area contributed by atoms with Crippen LogP contribution in [0.25, 0.3) is 0 Å². The number of benzene rings is 1. The van der Waals surface area contributed by atoms with E-state index in [1.54, 1.807) is 24.3 Å². The molecule has 1 aromatic rings. The van der Waals surface area contributed by atoms with Crippen LogP contribution in [0.4, 0.5) is 0 Å². The zero-order chi connectivity index (χ0) is 14.5. The predicted octanol–water partition coefficient (Wildman–Crippen LogP) is 2.94. The Morgan fingerprint density at radius 1 is 1.16 bits per heavy atom. The normalized spacial score (nSPS) is 10.9. The molecule has 0 fully saturated rings. The molecule has 0 saturated heterocycles. The van der Waals surface area contributed by atoms with E-state index in [0.717, 1.165) is 0 Å². The largest absolute Gasteiger partial charge is 0.228 e. The van der Waals surface area contributed by atoms with Crippen LogP contribution in [0.1, 0.15) is 5.56 Å². The minimum absolute atomic E-state index is 0.210. The summed E-state index contributed by atoms with van der Waals surface area (Å²) in [4.78, 5) is 0. The lowest BCUT2D eigenvalue weighted by Gasteiger charge is -2.02. The second-order valence-corrected chi connectivity index (χ2v) is 12.0. The third kappa shape index (κ3) is 7.08. The van der Waals surface area contributed by atoms with Gasteiger partial charge in [0.15, 0.2) is 0 Å². The number of rotatable bonds is 1. The third-order valence-electron chi connectivity index (χ3n) is 1.92. The number of hydrogen-bond donors (Lipinski definition) is 0. The minimum atomic E-state index is -3.46. The van der Waals surface area contributed by atoms with Crippen molar-refractivity contribution in [3.8, 4) is 22.6 Å². The SMILES string of the molecule is C[Si](C)(C)C#CCS(=O)(=O)C#Cc1ccc(Cl)cc1. The van der Waals surface area contributed by atoms with E-state index in [2.05, 4.69) is 42.3 Å². The minimum Gasteiger partial charge on any atom is -0.214 e. The molecule has 0 aliphatic rings. The van der Waals surface area contributed by atoms with Crippen molar-refractivity contribution >= 4 is 29.5 Å². The fourth-order valence-corrected chi connectivity index (χ4v) is 2.58. The fourth-order valence-electron chi connectivity index (χ4n) is 1.10. The van der Waals surface area contributed by atoms with E-state index in [0.29, 0.717) is 10.6 Å². The summed E-state index contributed by atoms with van der Waals surface area (Å²) >= 11 is 5.73. The van der Waals surface area contributed by atoms with Gasteiger partial charge in [0, 0.05) is 15.8 Å². The van der Waals surface area contributed by atoms with Gasteiger partial charge >= 0.3 is 0 Å². The molecule has 0 amide bonds. The van der Waals surface area contributed by atoms with Crippen LogP contribution in [-0.4, -0.2) is 22.2 Å². The molecule has 19 heavy (non-hydrogen) atoms. The highest BCUT2D eigenvalue weighted by Crippen LogP contribution is 2.08. The number of halogens is 1. The first-order chi connectivity index (χ1) is 8.68. The topological polar surface area (TPSA) is 34.1 Å². The van der Waals surface area contributed by atoms with E-state index in [9.17, 15) is 8.42 Å². The van der Waals surface area contributed by atoms with Gasteiger partial charge in [-0.2, -0.15) is 0 Å². The summed E-state index contributed by atoms with van der Waals surface area (Å²) in [6.07, 6.45) is 0. The van der Waals surface area contributed by atoms with Crippen molar-refractivity contribution < 1.29 is 8.42 Å². The lowest BCUT2D eigenvalue weighted by atomic mass is 10.2. The van der Waals surface area contributed by atoms with Crippen molar-refractivity contribution in [3.63, 3.8) is 0 Å². The van der Waals surface area contributed by atoms with Gasteiger partial charge in [0.05, 0.1) is 0 Å². The molecule has 2 nitrogen and oxygen atoms in total. The Balaban J connectivity index is 2.81. The molecular formula is C14H15ClO2SSi. The predicted molar refractivity (Wildman–Crippen MR) is 83.2 cm³/mol. The molecule has 0 spiro atoms. The summed E-state index contributed by atoms with van der Waals surface area (Å²) in [6, 6.07) is 6.70. The van der Waals surface area contributed by atoms with Crippen LogP contribution in [-0.2, 0) is 9.84 Å². The Labute approximate surface area is 121 Å². The van der Waals surface area contributed by atoms with E-state index in [1.807, 2.05) is 0 Å². The van der Waals surface area contributed by atoms with Crippen molar-refractivity contribution in [1.29, 1.82) is 0 Å². The Bertz CT molecular complexity index is 663. The number of sulfone groups is 1. The maximum Gasteiger partial charge on any atom is 0.228 e. The highest BCUT2D eigenvalue weighted by atomic mass is 35.5. The van der Waals surface area contributed by atoms with Crippen molar-refractivity contribution in [2.24, 2.45) is 0 Å². The maximum atomic E-state index is 11.7. The summed E-state index contributed by atoms with van der Waals surface area (Å²) in [5.74, 6) is 5.11. The first-order valence-corrected chi connectivity index (χ1v) is 11.2. The van der Waals surface area contributed by atoms with Crippen LogP contribution < -0.4 is 0 Å². The van der Waals surface area contributed by atoms with Crippen LogP contribution in [0.3, 0.4) is 0 Å². The average molecular weight is 311 g/mol. The summed E-state index contributed by atoms with van der Waals surface area (Å²) in [5, 5.41) is 2.87. The van der Waals surface area contributed by atoms with Crippen LogP contribution in [0, 0.1) is 22.6 Å². The van der Waals surface area contributed by atoms with Crippen LogP contribution in [0.2, 0.25) is 24.7 Å². The lowest BCUT2D eigenvalue weighted by Crippen LogP contribution is -2.17. The quantitative estimate of drug-likeness (QED) is 0.590. The van der Waals surface area contributed by atoms with Crippen molar-refractivity contribution in [2.45, 2.75) is 19.6 Å². The van der Waals surface area contributed by atoms with E-state index < -0.39 is 17.9 Å². The summed E-state index contributed by atoms with van der Waals surface area (Å²) in [5.41, 5.74) is 3.62. The molecule has 0 N–H and O–H groups in total. The molecule has 5 heteroatoms. The average Bonchev–Trinajstić information content (AvgIpc) is 2.26. The Morgan fingerprint density at radius 3 is 2.26 bits per heavy atom. The molecule has 0 aliphatic carbocycles. The van der Waals surface area contributed by atoms with E-state index >= 15 is 0 Å². The number of hydrogen-bond acceptors (Lipinski definition) is 2. The summed E-state index contributed by atoms with van der Waals surface area (Å²) in [7, 11) is -5.00.